The highest BCUT2D eigenvalue weighted by atomic mass is 16.5. The first-order valence-corrected chi connectivity index (χ1v) is 7.95. The Morgan fingerprint density at radius 1 is 1.33 bits per heavy atom. The number of rotatable bonds is 9. The van der Waals surface area contributed by atoms with E-state index in [9.17, 15) is 9.59 Å². The fourth-order valence-corrected chi connectivity index (χ4v) is 2.66. The molecule has 0 bridgehead atoms. The Bertz CT molecular complexity index is 599. The van der Waals surface area contributed by atoms with Gasteiger partial charge >= 0.3 is 0 Å². The molecular weight excluding hydrogens is 312 g/mol. The molecule has 132 valence electrons. The van der Waals surface area contributed by atoms with Gasteiger partial charge in [-0.25, -0.2) is 0 Å². The number of amides is 2. The van der Waals surface area contributed by atoms with Crippen molar-refractivity contribution < 1.29 is 23.8 Å². The molecule has 0 aromatic heterocycles. The van der Waals surface area contributed by atoms with Crippen molar-refractivity contribution in [1.29, 1.82) is 0 Å². The minimum absolute atomic E-state index is 0.0929. The van der Waals surface area contributed by atoms with Crippen LogP contribution in [-0.4, -0.2) is 44.3 Å². The van der Waals surface area contributed by atoms with Gasteiger partial charge in [-0.1, -0.05) is 6.07 Å². The van der Waals surface area contributed by atoms with E-state index >= 15 is 0 Å². The van der Waals surface area contributed by atoms with E-state index in [0.717, 1.165) is 5.56 Å². The largest absolute Gasteiger partial charge is 0.493 e. The molecule has 1 aromatic rings. The number of primary amides is 1. The van der Waals surface area contributed by atoms with Crippen LogP contribution < -0.4 is 20.5 Å². The molecule has 0 spiro atoms. The molecule has 1 aliphatic rings. The standard InChI is InChI=1S/C17H24N2O5/c1-3-24-13-6-4-12(8-14(13)22-2)5-7-16(21)19-17(9-15(18)20)10-23-11-17/h4,6,8H,3,5,7,9-11H2,1-2H3,(H2,18,20)(H,19,21). The third-order valence-corrected chi connectivity index (χ3v) is 3.84. The number of hydrogen-bond donors (Lipinski definition) is 2. The van der Waals surface area contributed by atoms with E-state index in [1.807, 2.05) is 25.1 Å². The van der Waals surface area contributed by atoms with Crippen LogP contribution in [0.1, 0.15) is 25.3 Å². The average molecular weight is 336 g/mol. The quantitative estimate of drug-likeness (QED) is 0.694. The van der Waals surface area contributed by atoms with Gasteiger partial charge in [0.2, 0.25) is 11.8 Å². The van der Waals surface area contributed by atoms with Crippen molar-refractivity contribution in [2.75, 3.05) is 26.9 Å². The lowest BCUT2D eigenvalue weighted by molar-refractivity contribution is -0.138. The van der Waals surface area contributed by atoms with Gasteiger partial charge in [-0.2, -0.15) is 0 Å². The van der Waals surface area contributed by atoms with Gasteiger partial charge in [-0.15, -0.1) is 0 Å². The van der Waals surface area contributed by atoms with E-state index in [2.05, 4.69) is 5.32 Å². The molecule has 1 heterocycles. The molecule has 0 atom stereocenters. The van der Waals surface area contributed by atoms with Crippen molar-refractivity contribution in [3.63, 3.8) is 0 Å². The highest BCUT2D eigenvalue weighted by Gasteiger charge is 2.41. The van der Waals surface area contributed by atoms with Crippen molar-refractivity contribution in [2.24, 2.45) is 5.73 Å². The Labute approximate surface area is 141 Å². The molecule has 0 radical (unpaired) electrons. The normalized spacial score (nSPS) is 15.2. The molecule has 0 aliphatic carbocycles. The summed E-state index contributed by atoms with van der Waals surface area (Å²) in [4.78, 5) is 23.3. The maximum atomic E-state index is 12.2. The molecule has 1 aromatic carbocycles. The number of ether oxygens (including phenoxy) is 3. The van der Waals surface area contributed by atoms with Crippen molar-refractivity contribution in [2.45, 2.75) is 31.7 Å². The highest BCUT2D eigenvalue weighted by molar-refractivity contribution is 5.80. The van der Waals surface area contributed by atoms with Crippen LogP contribution in [0.3, 0.4) is 0 Å². The molecule has 0 unspecified atom stereocenters. The minimum atomic E-state index is -0.639. The number of nitrogens with two attached hydrogens (primary N) is 1. The van der Waals surface area contributed by atoms with E-state index in [1.165, 1.54) is 0 Å². The smallest absolute Gasteiger partial charge is 0.220 e. The summed E-state index contributed by atoms with van der Waals surface area (Å²) in [5, 5.41) is 2.87. The lowest BCUT2D eigenvalue weighted by Gasteiger charge is -2.41. The fourth-order valence-electron chi connectivity index (χ4n) is 2.66. The fraction of sp³-hybridized carbons (Fsp3) is 0.529. The zero-order chi connectivity index (χ0) is 17.6. The number of aryl methyl sites for hydroxylation is 1. The summed E-state index contributed by atoms with van der Waals surface area (Å²) in [6, 6.07) is 5.61. The van der Waals surface area contributed by atoms with E-state index in [0.29, 0.717) is 44.2 Å². The number of carbonyl (C=O) groups excluding carboxylic acids is 2. The van der Waals surface area contributed by atoms with Crippen molar-refractivity contribution in [1.82, 2.24) is 5.32 Å². The number of hydrogen-bond acceptors (Lipinski definition) is 5. The second-order valence-corrected chi connectivity index (χ2v) is 5.88. The van der Waals surface area contributed by atoms with Gasteiger partial charge in [-0.3, -0.25) is 9.59 Å². The van der Waals surface area contributed by atoms with Crippen LogP contribution in [0.2, 0.25) is 0 Å². The van der Waals surface area contributed by atoms with Gasteiger partial charge in [0.15, 0.2) is 11.5 Å². The van der Waals surface area contributed by atoms with Crippen LogP contribution in [0.5, 0.6) is 11.5 Å². The Hall–Kier alpha value is -2.28. The molecule has 24 heavy (non-hydrogen) atoms. The zero-order valence-corrected chi connectivity index (χ0v) is 14.1. The predicted octanol–water partition coefficient (Wildman–Crippen LogP) is 0.787. The molecule has 2 rings (SSSR count). The molecule has 7 heteroatoms. The number of methoxy groups -OCH3 is 1. The molecule has 2 amide bonds. The monoisotopic (exact) mass is 336 g/mol. The lowest BCUT2D eigenvalue weighted by Crippen LogP contribution is -2.63. The number of nitrogens with one attached hydrogen (secondary N) is 1. The van der Waals surface area contributed by atoms with Gasteiger partial charge in [0.25, 0.3) is 0 Å². The van der Waals surface area contributed by atoms with Crippen LogP contribution >= 0.6 is 0 Å². The number of benzene rings is 1. The molecule has 1 fully saturated rings. The summed E-state index contributed by atoms with van der Waals surface area (Å²) in [5.41, 5.74) is 5.56. The second kappa shape index (κ2) is 8.01. The van der Waals surface area contributed by atoms with Gasteiger partial charge in [0.1, 0.15) is 0 Å². The maximum Gasteiger partial charge on any atom is 0.220 e. The molecular formula is C17H24N2O5. The van der Waals surface area contributed by atoms with Crippen LogP contribution in [0.15, 0.2) is 18.2 Å². The molecule has 3 N–H and O–H groups in total. The van der Waals surface area contributed by atoms with Gasteiger partial charge in [0, 0.05) is 6.42 Å². The molecule has 1 aliphatic heterocycles. The van der Waals surface area contributed by atoms with E-state index in [1.54, 1.807) is 7.11 Å². The van der Waals surface area contributed by atoms with Gasteiger partial charge in [-0.05, 0) is 31.0 Å². The topological polar surface area (TPSA) is 99.9 Å². The first-order valence-electron chi connectivity index (χ1n) is 7.95. The third kappa shape index (κ3) is 4.61. The Morgan fingerprint density at radius 3 is 2.62 bits per heavy atom. The first kappa shape index (κ1) is 18.1. The highest BCUT2D eigenvalue weighted by Crippen LogP contribution is 2.28. The maximum absolute atomic E-state index is 12.2. The first-order chi connectivity index (χ1) is 11.5. The van der Waals surface area contributed by atoms with E-state index in [-0.39, 0.29) is 12.3 Å². The molecule has 0 saturated carbocycles. The number of carbonyl (C=O) groups is 2. The molecule has 1 saturated heterocycles. The van der Waals surface area contributed by atoms with E-state index in [4.69, 9.17) is 19.9 Å². The van der Waals surface area contributed by atoms with Crippen molar-refractivity contribution in [3.8, 4) is 11.5 Å². The third-order valence-electron chi connectivity index (χ3n) is 3.84. The van der Waals surface area contributed by atoms with E-state index < -0.39 is 11.4 Å². The van der Waals surface area contributed by atoms with Gasteiger partial charge in [0.05, 0.1) is 38.9 Å². The van der Waals surface area contributed by atoms with Crippen LogP contribution in [0, 0.1) is 0 Å². The molecule has 7 nitrogen and oxygen atoms in total. The van der Waals surface area contributed by atoms with Gasteiger partial charge < -0.3 is 25.3 Å². The Balaban J connectivity index is 1.90. The summed E-state index contributed by atoms with van der Waals surface area (Å²) < 4.78 is 15.9. The van der Waals surface area contributed by atoms with Crippen LogP contribution in [0.25, 0.3) is 0 Å². The zero-order valence-electron chi connectivity index (χ0n) is 14.1. The van der Waals surface area contributed by atoms with Crippen LogP contribution in [0.4, 0.5) is 0 Å². The summed E-state index contributed by atoms with van der Waals surface area (Å²) >= 11 is 0. The summed E-state index contributed by atoms with van der Waals surface area (Å²) in [5.74, 6) is 0.745. The Morgan fingerprint density at radius 2 is 2.08 bits per heavy atom. The second-order valence-electron chi connectivity index (χ2n) is 5.88. The van der Waals surface area contributed by atoms with Crippen LogP contribution in [-0.2, 0) is 20.7 Å². The van der Waals surface area contributed by atoms with Crippen molar-refractivity contribution >= 4 is 11.8 Å². The minimum Gasteiger partial charge on any atom is -0.493 e. The summed E-state index contributed by atoms with van der Waals surface area (Å²) in [6.07, 6.45) is 0.954. The predicted molar refractivity (Wildman–Crippen MR) is 88.0 cm³/mol. The summed E-state index contributed by atoms with van der Waals surface area (Å²) in [7, 11) is 1.58. The Kier molecular flexibility index (Phi) is 6.03. The summed E-state index contributed by atoms with van der Waals surface area (Å²) in [6.45, 7) is 3.10. The average Bonchev–Trinajstić information content (AvgIpc) is 2.51. The lowest BCUT2D eigenvalue weighted by atomic mass is 9.92. The SMILES string of the molecule is CCOc1ccc(CCC(=O)NC2(CC(N)=O)COC2)cc1OC. The van der Waals surface area contributed by atoms with Crippen molar-refractivity contribution in [3.05, 3.63) is 23.8 Å².